The summed E-state index contributed by atoms with van der Waals surface area (Å²) in [6.45, 7) is 0.647. The van der Waals surface area contributed by atoms with Crippen LogP contribution in [0, 0.1) is 5.92 Å². The van der Waals surface area contributed by atoms with Gasteiger partial charge in [-0.3, -0.25) is 19.3 Å². The van der Waals surface area contributed by atoms with Crippen molar-refractivity contribution in [1.82, 2.24) is 10.2 Å². The molecule has 2 fully saturated rings. The number of nitrogens with one attached hydrogen (secondary N) is 1. The Morgan fingerprint density at radius 3 is 2.88 bits per heavy atom. The molecule has 0 radical (unpaired) electrons. The second-order valence-electron chi connectivity index (χ2n) is 6.01. The molecule has 0 spiro atoms. The lowest BCUT2D eigenvalue weighted by Crippen LogP contribution is -2.37. The fraction of sp³-hybridized carbons (Fsp3) is 0.353. The van der Waals surface area contributed by atoms with Crippen LogP contribution >= 0.6 is 11.8 Å². The summed E-state index contributed by atoms with van der Waals surface area (Å²) in [6.07, 6.45) is 3.51. The fourth-order valence-electron chi connectivity index (χ4n) is 2.63. The molecule has 2 aliphatic heterocycles. The second-order valence-corrected chi connectivity index (χ2v) is 7.00. The first-order valence-corrected chi connectivity index (χ1v) is 8.86. The number of hydrogen-bond acceptors (Lipinski definition) is 6. The number of thioether (sulfide) groups is 1. The zero-order valence-corrected chi connectivity index (χ0v) is 14.1. The molecule has 130 valence electrons. The van der Waals surface area contributed by atoms with Crippen LogP contribution in [0.2, 0.25) is 0 Å². The number of amides is 3. The number of nitrogens with zero attached hydrogens (tertiary/aromatic N) is 1. The van der Waals surface area contributed by atoms with Crippen molar-refractivity contribution in [3.63, 3.8) is 0 Å². The van der Waals surface area contributed by atoms with Crippen molar-refractivity contribution >= 4 is 34.9 Å². The van der Waals surface area contributed by atoms with Gasteiger partial charge in [0.15, 0.2) is 11.5 Å². The van der Waals surface area contributed by atoms with Crippen molar-refractivity contribution in [2.24, 2.45) is 5.92 Å². The van der Waals surface area contributed by atoms with Gasteiger partial charge in [-0.15, -0.1) is 0 Å². The van der Waals surface area contributed by atoms with Gasteiger partial charge in [0.05, 0.1) is 4.91 Å². The normalized spacial score (nSPS) is 20.5. The fourth-order valence-corrected chi connectivity index (χ4v) is 3.49. The maximum absolute atomic E-state index is 12.4. The van der Waals surface area contributed by atoms with E-state index in [1.54, 1.807) is 24.3 Å². The van der Waals surface area contributed by atoms with Gasteiger partial charge in [-0.1, -0.05) is 6.07 Å². The highest BCUT2D eigenvalue weighted by Crippen LogP contribution is 2.36. The molecule has 4 rings (SSSR count). The van der Waals surface area contributed by atoms with Gasteiger partial charge in [0.1, 0.15) is 0 Å². The predicted molar refractivity (Wildman–Crippen MR) is 91.0 cm³/mol. The van der Waals surface area contributed by atoms with Gasteiger partial charge >= 0.3 is 0 Å². The minimum atomic E-state index is -0.340. The quantitative estimate of drug-likeness (QED) is 0.808. The van der Waals surface area contributed by atoms with Gasteiger partial charge in [-0.2, -0.15) is 0 Å². The van der Waals surface area contributed by atoms with Gasteiger partial charge in [0, 0.05) is 19.0 Å². The summed E-state index contributed by atoms with van der Waals surface area (Å²) in [4.78, 5) is 37.6. The molecule has 0 bridgehead atoms. The molecule has 1 aliphatic carbocycles. The number of imide groups is 1. The number of hydrogen-bond donors (Lipinski definition) is 1. The van der Waals surface area contributed by atoms with E-state index < -0.39 is 0 Å². The van der Waals surface area contributed by atoms with Crippen molar-refractivity contribution < 1.29 is 23.9 Å². The number of ether oxygens (including phenoxy) is 2. The SMILES string of the molecule is O=C(NCCN1C(=O)S/C(=C\c2ccc3c(c2)OCO3)C1=O)C1CC1. The zero-order valence-electron chi connectivity index (χ0n) is 13.3. The highest BCUT2D eigenvalue weighted by molar-refractivity contribution is 8.18. The summed E-state index contributed by atoms with van der Waals surface area (Å²) in [5.41, 5.74) is 0.761. The van der Waals surface area contributed by atoms with Crippen LogP contribution in [0.1, 0.15) is 18.4 Å². The highest BCUT2D eigenvalue weighted by atomic mass is 32.2. The Morgan fingerprint density at radius 2 is 2.08 bits per heavy atom. The van der Waals surface area contributed by atoms with E-state index >= 15 is 0 Å². The molecule has 1 N–H and O–H groups in total. The Morgan fingerprint density at radius 1 is 1.28 bits per heavy atom. The second kappa shape index (κ2) is 6.44. The van der Waals surface area contributed by atoms with Gasteiger partial charge < -0.3 is 14.8 Å². The van der Waals surface area contributed by atoms with Crippen LogP contribution in [0.5, 0.6) is 11.5 Å². The van der Waals surface area contributed by atoms with E-state index in [4.69, 9.17) is 9.47 Å². The maximum atomic E-state index is 12.4. The van der Waals surface area contributed by atoms with Crippen molar-refractivity contribution in [3.8, 4) is 11.5 Å². The molecular formula is C17H16N2O5S. The maximum Gasteiger partial charge on any atom is 0.293 e. The Labute approximate surface area is 148 Å². The van der Waals surface area contributed by atoms with Crippen molar-refractivity contribution in [2.75, 3.05) is 19.9 Å². The molecule has 0 aromatic heterocycles. The minimum Gasteiger partial charge on any atom is -0.454 e. The molecule has 3 amide bonds. The van der Waals surface area contributed by atoms with E-state index in [1.807, 2.05) is 0 Å². The molecule has 1 saturated heterocycles. The Hall–Kier alpha value is -2.48. The summed E-state index contributed by atoms with van der Waals surface area (Å²) >= 11 is 0.901. The highest BCUT2D eigenvalue weighted by Gasteiger charge is 2.35. The molecule has 25 heavy (non-hydrogen) atoms. The van der Waals surface area contributed by atoms with Crippen molar-refractivity contribution in [1.29, 1.82) is 0 Å². The summed E-state index contributed by atoms with van der Waals surface area (Å²) in [5, 5.41) is 2.44. The molecule has 1 aromatic rings. The van der Waals surface area contributed by atoms with E-state index in [9.17, 15) is 14.4 Å². The van der Waals surface area contributed by atoms with Crippen molar-refractivity contribution in [2.45, 2.75) is 12.8 Å². The molecule has 0 unspecified atom stereocenters. The molecule has 0 atom stereocenters. The van der Waals surface area contributed by atoms with E-state index in [-0.39, 0.29) is 42.9 Å². The van der Waals surface area contributed by atoms with E-state index in [0.29, 0.717) is 16.4 Å². The summed E-state index contributed by atoms with van der Waals surface area (Å²) in [6, 6.07) is 5.34. The first-order chi connectivity index (χ1) is 12.1. The Balaban J connectivity index is 1.40. The summed E-state index contributed by atoms with van der Waals surface area (Å²) < 4.78 is 10.6. The van der Waals surface area contributed by atoms with Crippen LogP contribution in [-0.2, 0) is 9.59 Å². The Bertz CT molecular complexity index is 787. The lowest BCUT2D eigenvalue weighted by atomic mass is 10.2. The zero-order chi connectivity index (χ0) is 17.4. The molecule has 8 heteroatoms. The monoisotopic (exact) mass is 360 g/mol. The number of benzene rings is 1. The number of carbonyl (C=O) groups is 3. The van der Waals surface area contributed by atoms with E-state index in [0.717, 1.165) is 35.1 Å². The number of carbonyl (C=O) groups excluding carboxylic acids is 3. The third-order valence-electron chi connectivity index (χ3n) is 4.15. The topological polar surface area (TPSA) is 84.9 Å². The predicted octanol–water partition coefficient (Wildman–Crippen LogP) is 1.98. The first-order valence-electron chi connectivity index (χ1n) is 8.04. The lowest BCUT2D eigenvalue weighted by molar-refractivity contribution is -0.124. The van der Waals surface area contributed by atoms with Crippen LogP contribution in [0.3, 0.4) is 0 Å². The smallest absolute Gasteiger partial charge is 0.293 e. The average Bonchev–Trinajstić information content (AvgIpc) is 3.29. The molecule has 1 aromatic carbocycles. The van der Waals surface area contributed by atoms with Gasteiger partial charge in [-0.25, -0.2) is 0 Å². The van der Waals surface area contributed by atoms with Crippen LogP contribution in [-0.4, -0.2) is 41.8 Å². The molecule has 7 nitrogen and oxygen atoms in total. The van der Waals surface area contributed by atoms with Gasteiger partial charge in [-0.05, 0) is 48.4 Å². The van der Waals surface area contributed by atoms with Crippen LogP contribution < -0.4 is 14.8 Å². The number of rotatable bonds is 5. The first kappa shape index (κ1) is 16.0. The van der Waals surface area contributed by atoms with Crippen molar-refractivity contribution in [3.05, 3.63) is 28.7 Å². The molecular weight excluding hydrogens is 344 g/mol. The van der Waals surface area contributed by atoms with Crippen LogP contribution in [0.4, 0.5) is 4.79 Å². The number of fused-ring (bicyclic) bond motifs is 1. The molecule has 1 saturated carbocycles. The lowest BCUT2D eigenvalue weighted by Gasteiger charge is -2.12. The molecule has 2 heterocycles. The van der Waals surface area contributed by atoms with E-state index in [2.05, 4.69) is 5.32 Å². The van der Waals surface area contributed by atoms with Gasteiger partial charge in [0.25, 0.3) is 11.1 Å². The van der Waals surface area contributed by atoms with E-state index in [1.165, 1.54) is 0 Å². The summed E-state index contributed by atoms with van der Waals surface area (Å²) in [5.74, 6) is 1.06. The third kappa shape index (κ3) is 3.34. The largest absolute Gasteiger partial charge is 0.454 e. The third-order valence-corrected chi connectivity index (χ3v) is 5.06. The van der Waals surface area contributed by atoms with Crippen LogP contribution in [0.25, 0.3) is 6.08 Å². The standard InChI is InChI=1S/C17H16N2O5S/c20-15(11-2-3-11)18-5-6-19-16(21)14(25-17(19)22)8-10-1-4-12-13(7-10)24-9-23-12/h1,4,7-8,11H,2-3,5-6,9H2,(H,18,20)/b14-8-. The average molecular weight is 360 g/mol. The van der Waals surface area contributed by atoms with Crippen LogP contribution in [0.15, 0.2) is 23.1 Å². The Kier molecular flexibility index (Phi) is 4.12. The molecule has 3 aliphatic rings. The summed E-state index contributed by atoms with van der Waals surface area (Å²) in [7, 11) is 0. The van der Waals surface area contributed by atoms with Gasteiger partial charge in [0.2, 0.25) is 12.7 Å². The minimum absolute atomic E-state index is 0.00266.